The molecule has 0 N–H and O–H groups in total. The van der Waals surface area contributed by atoms with Crippen LogP contribution in [0.3, 0.4) is 0 Å². The van der Waals surface area contributed by atoms with Crippen molar-refractivity contribution >= 4 is 4.09 Å². The Labute approximate surface area is 79.7 Å². The average molecular weight is 210 g/mol. The van der Waals surface area contributed by atoms with E-state index in [1.54, 1.807) is 20.4 Å². The van der Waals surface area contributed by atoms with Crippen LogP contribution in [0.15, 0.2) is 30.3 Å². The van der Waals surface area contributed by atoms with E-state index in [4.69, 9.17) is 0 Å². The fourth-order valence-corrected chi connectivity index (χ4v) is 0.850. The fourth-order valence-electron chi connectivity index (χ4n) is 0.590. The van der Waals surface area contributed by atoms with Gasteiger partial charge in [-0.1, -0.05) is 0 Å². The summed E-state index contributed by atoms with van der Waals surface area (Å²) in [7, 11) is 0. The Morgan fingerprint density at radius 2 is 1.42 bits per heavy atom. The van der Waals surface area contributed by atoms with Gasteiger partial charge in [-0.15, -0.1) is 0 Å². The number of carbonyl (C=O) groups excluding carboxylic acids is 1. The van der Waals surface area contributed by atoms with Crippen molar-refractivity contribution < 1.29 is 39.3 Å². The van der Waals surface area contributed by atoms with Gasteiger partial charge in [-0.2, -0.15) is 0 Å². The molecule has 0 atom stereocenters. The topological polar surface area (TPSA) is 17.1 Å². The van der Waals surface area contributed by atoms with Gasteiger partial charge in [-0.25, -0.2) is 0 Å². The Balaban J connectivity index is -0.000000270. The molecule has 0 bridgehead atoms. The molecule has 0 aromatic heterocycles. The van der Waals surface area contributed by atoms with E-state index in [9.17, 15) is 4.79 Å². The van der Waals surface area contributed by atoms with Crippen LogP contribution in [0.25, 0.3) is 0 Å². The van der Waals surface area contributed by atoms with Crippen LogP contribution in [-0.2, 0) is 20.4 Å². The molecule has 0 amide bonds. The Hall–Kier alpha value is -0.606. The first-order valence-corrected chi connectivity index (χ1v) is 3.40. The molecule has 1 rings (SSSR count). The van der Waals surface area contributed by atoms with E-state index in [0.717, 1.165) is 5.56 Å². The smallest absolute Gasteiger partial charge is 1.00 e. The van der Waals surface area contributed by atoms with Crippen LogP contribution in [0.1, 0.15) is 10.4 Å². The summed E-state index contributed by atoms with van der Waals surface area (Å²) in [6.45, 7) is 0. The number of rotatable bonds is 1. The number of carbonyl (C=O) groups is 1. The quantitative estimate of drug-likeness (QED) is 0.421. The van der Waals surface area contributed by atoms with Gasteiger partial charge in [0.15, 0.2) is 0 Å². The second kappa shape index (κ2) is 8.49. The summed E-state index contributed by atoms with van der Waals surface area (Å²) in [5.74, 6) is 0. The van der Waals surface area contributed by atoms with Crippen LogP contribution in [0.2, 0.25) is 0 Å². The van der Waals surface area contributed by atoms with Crippen molar-refractivity contribution in [1.29, 1.82) is 0 Å². The molecule has 0 saturated heterocycles. The van der Waals surface area contributed by atoms with Crippen LogP contribution >= 0.6 is 0 Å². The third kappa shape index (κ3) is 5.10. The monoisotopic (exact) mass is 210 g/mol. The molecule has 64 valence electrons. The maximum atomic E-state index is 10.6. The average Bonchev–Trinajstić information content (AvgIpc) is 1.90. The van der Waals surface area contributed by atoms with Crippen molar-refractivity contribution in [3.8, 4) is 0 Å². The Morgan fingerprint density at radius 1 is 1.00 bits per heavy atom. The second-order valence-corrected chi connectivity index (χ2v) is 2.40. The predicted octanol–water partition coefficient (Wildman–Crippen LogP) is -7.61. The van der Waals surface area contributed by atoms with Crippen LogP contribution < -0.4 is 14.1 Å². The van der Waals surface area contributed by atoms with E-state index in [-0.39, 0.29) is 18.2 Å². The molecule has 0 unspecified atom stereocenters. The van der Waals surface area contributed by atoms with E-state index in [1.165, 1.54) is 0 Å². The van der Waals surface area contributed by atoms with Gasteiger partial charge in [0.1, 0.15) is 0 Å². The van der Waals surface area contributed by atoms with Crippen molar-refractivity contribution in [3.63, 3.8) is 0 Å². The molecule has 0 radical (unpaired) electrons. The van der Waals surface area contributed by atoms with Gasteiger partial charge in [0.25, 0.3) is 0 Å². The standard InChI is InChI=1S/C7H5O.3FH.Ti/c8-6-7-4-2-1-3-5-7;;;;/h1-5H;3*1H;/q;;;;+3/p-3. The number of benzene rings is 1. The summed E-state index contributed by atoms with van der Waals surface area (Å²) in [5, 5.41) is 0. The molecule has 1 aromatic carbocycles. The first-order valence-electron chi connectivity index (χ1n) is 2.61. The van der Waals surface area contributed by atoms with E-state index in [0.29, 0.717) is 0 Å². The summed E-state index contributed by atoms with van der Waals surface area (Å²) in [6, 6.07) is 9.23. The van der Waals surface area contributed by atoms with Crippen molar-refractivity contribution in [2.45, 2.75) is 0 Å². The zero-order valence-corrected chi connectivity index (χ0v) is 7.49. The van der Waals surface area contributed by atoms with Crippen molar-refractivity contribution in [3.05, 3.63) is 35.9 Å². The third-order valence-corrected chi connectivity index (χ3v) is 1.49. The van der Waals surface area contributed by atoms with E-state index < -0.39 is 0 Å². The Morgan fingerprint density at radius 3 is 1.67 bits per heavy atom. The molecule has 0 aliphatic rings. The first kappa shape index (κ1) is 17.5. The maximum Gasteiger partial charge on any atom is -1.00 e. The fraction of sp³-hybridized carbons (Fsp3) is 0. The van der Waals surface area contributed by atoms with Gasteiger partial charge in [0.2, 0.25) is 0 Å². The molecule has 1 nitrogen and oxygen atoms in total. The summed E-state index contributed by atoms with van der Waals surface area (Å²) in [4.78, 5) is 10.6. The third-order valence-electron chi connectivity index (χ3n) is 1.04. The summed E-state index contributed by atoms with van der Waals surface area (Å²) >= 11 is 1.56. The SMILES string of the molecule is O=[C]([Ti+3])c1ccccc1.[F-].[F-].[F-]. The van der Waals surface area contributed by atoms with Crippen molar-refractivity contribution in [2.24, 2.45) is 0 Å². The molecular weight excluding hydrogens is 205 g/mol. The zero-order chi connectivity index (χ0) is 6.69. The first-order chi connectivity index (χ1) is 4.30. The molecule has 5 heteroatoms. The molecule has 12 heavy (non-hydrogen) atoms. The minimum Gasteiger partial charge on any atom is -1.00 e. The van der Waals surface area contributed by atoms with Gasteiger partial charge >= 0.3 is 65.2 Å². The second-order valence-electron chi connectivity index (χ2n) is 1.70. The van der Waals surface area contributed by atoms with Gasteiger partial charge in [0, 0.05) is 0 Å². The van der Waals surface area contributed by atoms with Crippen LogP contribution in [-0.4, -0.2) is 4.09 Å². The van der Waals surface area contributed by atoms with Crippen LogP contribution in [0.5, 0.6) is 0 Å². The maximum absolute atomic E-state index is 10.6. The largest absolute Gasteiger partial charge is 1.00 e. The van der Waals surface area contributed by atoms with Gasteiger partial charge in [-0.3, -0.25) is 0 Å². The summed E-state index contributed by atoms with van der Waals surface area (Å²) < 4.78 is 0.121. The summed E-state index contributed by atoms with van der Waals surface area (Å²) in [5.41, 5.74) is 0.775. The molecule has 0 aliphatic heterocycles. The molecule has 0 fully saturated rings. The van der Waals surface area contributed by atoms with Crippen LogP contribution in [0, 0.1) is 0 Å². The number of hydrogen-bond donors (Lipinski definition) is 0. The minimum absolute atomic E-state index is 0. The molecular formula is C7H5F3OTi. The molecule has 0 aliphatic carbocycles. The van der Waals surface area contributed by atoms with Gasteiger partial charge in [0.05, 0.1) is 0 Å². The van der Waals surface area contributed by atoms with Crippen molar-refractivity contribution in [2.75, 3.05) is 0 Å². The van der Waals surface area contributed by atoms with E-state index in [1.807, 2.05) is 30.3 Å². The number of halogens is 3. The molecule has 0 saturated carbocycles. The Bertz CT molecular complexity index is 215. The Kier molecular flexibility index (Phi) is 12.4. The van der Waals surface area contributed by atoms with E-state index in [2.05, 4.69) is 0 Å². The predicted molar refractivity (Wildman–Crippen MR) is 30.8 cm³/mol. The van der Waals surface area contributed by atoms with Crippen LogP contribution in [0.4, 0.5) is 0 Å². The van der Waals surface area contributed by atoms with E-state index >= 15 is 0 Å². The molecule has 0 spiro atoms. The minimum atomic E-state index is 0. The van der Waals surface area contributed by atoms with Gasteiger partial charge < -0.3 is 14.1 Å². The normalized spacial score (nSPS) is 6.83. The zero-order valence-electron chi connectivity index (χ0n) is 5.93. The number of hydrogen-bond acceptors (Lipinski definition) is 1. The van der Waals surface area contributed by atoms with Crippen molar-refractivity contribution in [1.82, 2.24) is 0 Å². The molecule has 1 aromatic rings. The molecule has 0 heterocycles. The summed E-state index contributed by atoms with van der Waals surface area (Å²) in [6.07, 6.45) is 0. The van der Waals surface area contributed by atoms with Gasteiger partial charge in [-0.05, 0) is 0 Å².